The van der Waals surface area contributed by atoms with Gasteiger partial charge in [0.05, 0.1) is 12.0 Å². The molecular weight excluding hydrogens is 264 g/mol. The second-order valence-electron chi connectivity index (χ2n) is 5.90. The summed E-state index contributed by atoms with van der Waals surface area (Å²) in [7, 11) is 1.68. The topological polar surface area (TPSA) is 50.4 Å². The largest absolute Gasteiger partial charge is 0.380 e. The molecule has 1 aliphatic heterocycles. The number of ether oxygens (including phenoxy) is 1. The van der Waals surface area contributed by atoms with Crippen LogP contribution < -0.4 is 10.6 Å². The lowest BCUT2D eigenvalue weighted by molar-refractivity contribution is -0.127. The van der Waals surface area contributed by atoms with Crippen molar-refractivity contribution in [2.45, 2.75) is 39.2 Å². The van der Waals surface area contributed by atoms with Gasteiger partial charge in [0, 0.05) is 19.3 Å². The van der Waals surface area contributed by atoms with E-state index in [2.05, 4.69) is 17.6 Å². The van der Waals surface area contributed by atoms with E-state index in [9.17, 15) is 4.79 Å². The lowest BCUT2D eigenvalue weighted by Gasteiger charge is -2.36. The van der Waals surface area contributed by atoms with E-state index in [0.29, 0.717) is 6.61 Å². The average molecular weight is 290 g/mol. The number of piperidine rings is 1. The zero-order valence-electron chi connectivity index (χ0n) is 13.1. The zero-order valence-corrected chi connectivity index (χ0v) is 13.1. The Labute approximate surface area is 127 Å². The minimum absolute atomic E-state index is 0.145. The summed E-state index contributed by atoms with van der Waals surface area (Å²) >= 11 is 0. The van der Waals surface area contributed by atoms with Gasteiger partial charge in [-0.05, 0) is 43.5 Å². The summed E-state index contributed by atoms with van der Waals surface area (Å²) in [6, 6.07) is 7.88. The number of anilines is 1. The second kappa shape index (κ2) is 7.57. The number of hydrogen-bond donors (Lipinski definition) is 2. The average Bonchev–Trinajstić information content (AvgIpc) is 2.49. The number of methoxy groups -OCH3 is 1. The molecule has 1 saturated heterocycles. The third-order valence-electron chi connectivity index (χ3n) is 4.18. The molecule has 0 aromatic heterocycles. The van der Waals surface area contributed by atoms with E-state index in [-0.39, 0.29) is 11.3 Å². The maximum atomic E-state index is 12.8. The fraction of sp³-hybridized carbons (Fsp3) is 0.588. The molecule has 116 valence electrons. The quantitative estimate of drug-likeness (QED) is 0.847. The van der Waals surface area contributed by atoms with E-state index >= 15 is 0 Å². The maximum absolute atomic E-state index is 12.8. The van der Waals surface area contributed by atoms with Crippen molar-refractivity contribution in [1.82, 2.24) is 5.32 Å². The molecule has 1 aromatic rings. The molecule has 0 aliphatic carbocycles. The summed E-state index contributed by atoms with van der Waals surface area (Å²) in [6.45, 7) is 4.50. The summed E-state index contributed by atoms with van der Waals surface area (Å²) in [5, 5.41) is 6.48. The van der Waals surface area contributed by atoms with Gasteiger partial charge in [-0.2, -0.15) is 0 Å². The molecule has 4 nitrogen and oxygen atoms in total. The predicted molar refractivity (Wildman–Crippen MR) is 85.2 cm³/mol. The minimum Gasteiger partial charge on any atom is -0.380 e. The number of carbonyl (C=O) groups is 1. The van der Waals surface area contributed by atoms with Crippen LogP contribution in [0.15, 0.2) is 24.3 Å². The lowest BCUT2D eigenvalue weighted by atomic mass is 9.76. The van der Waals surface area contributed by atoms with Crippen LogP contribution in [0, 0.1) is 5.41 Å². The molecule has 0 spiro atoms. The van der Waals surface area contributed by atoms with Crippen LogP contribution in [0.25, 0.3) is 0 Å². The molecule has 0 radical (unpaired) electrons. The highest BCUT2D eigenvalue weighted by molar-refractivity contribution is 5.95. The Bertz CT molecular complexity index is 462. The third kappa shape index (κ3) is 4.05. The normalized spacial score (nSPS) is 22.0. The first kappa shape index (κ1) is 16.0. The van der Waals surface area contributed by atoms with E-state index in [1.807, 2.05) is 24.3 Å². The number of carbonyl (C=O) groups excluding carboxylic acids is 1. The molecule has 2 rings (SSSR count). The van der Waals surface area contributed by atoms with Gasteiger partial charge in [0.15, 0.2) is 0 Å². The Kier molecular flexibility index (Phi) is 5.76. The van der Waals surface area contributed by atoms with Gasteiger partial charge in [0.25, 0.3) is 0 Å². The number of hydrogen-bond acceptors (Lipinski definition) is 3. The Balaban J connectivity index is 2.09. The molecule has 0 saturated carbocycles. The van der Waals surface area contributed by atoms with Crippen LogP contribution >= 0.6 is 0 Å². The van der Waals surface area contributed by atoms with Gasteiger partial charge in [-0.3, -0.25) is 4.79 Å². The molecule has 1 atom stereocenters. The Morgan fingerprint density at radius 3 is 3.00 bits per heavy atom. The second-order valence-corrected chi connectivity index (χ2v) is 5.90. The highest BCUT2D eigenvalue weighted by atomic mass is 16.5. The van der Waals surface area contributed by atoms with Crippen molar-refractivity contribution in [1.29, 1.82) is 0 Å². The summed E-state index contributed by atoms with van der Waals surface area (Å²) < 4.78 is 5.14. The Morgan fingerprint density at radius 1 is 1.48 bits per heavy atom. The van der Waals surface area contributed by atoms with Crippen molar-refractivity contribution >= 4 is 11.6 Å². The molecule has 1 heterocycles. The van der Waals surface area contributed by atoms with Gasteiger partial charge < -0.3 is 15.4 Å². The predicted octanol–water partition coefficient (Wildman–Crippen LogP) is 2.94. The van der Waals surface area contributed by atoms with Crippen LogP contribution in [0.1, 0.15) is 38.2 Å². The number of rotatable bonds is 6. The van der Waals surface area contributed by atoms with Crippen LogP contribution in [-0.2, 0) is 16.1 Å². The van der Waals surface area contributed by atoms with E-state index in [1.165, 1.54) is 0 Å². The third-order valence-corrected chi connectivity index (χ3v) is 4.18. The van der Waals surface area contributed by atoms with E-state index in [0.717, 1.165) is 50.0 Å². The van der Waals surface area contributed by atoms with Gasteiger partial charge in [-0.15, -0.1) is 0 Å². The van der Waals surface area contributed by atoms with Crippen molar-refractivity contribution in [2.75, 3.05) is 25.5 Å². The maximum Gasteiger partial charge on any atom is 0.231 e. The molecule has 2 N–H and O–H groups in total. The Morgan fingerprint density at radius 2 is 2.33 bits per heavy atom. The highest BCUT2D eigenvalue weighted by Crippen LogP contribution is 2.33. The molecule has 1 fully saturated rings. The van der Waals surface area contributed by atoms with Crippen molar-refractivity contribution in [3.63, 3.8) is 0 Å². The first-order valence-corrected chi connectivity index (χ1v) is 7.80. The van der Waals surface area contributed by atoms with Crippen LogP contribution in [0.2, 0.25) is 0 Å². The van der Waals surface area contributed by atoms with Crippen molar-refractivity contribution < 1.29 is 9.53 Å². The van der Waals surface area contributed by atoms with Gasteiger partial charge in [-0.1, -0.05) is 25.5 Å². The summed E-state index contributed by atoms with van der Waals surface area (Å²) in [5.41, 5.74) is 1.67. The lowest BCUT2D eigenvalue weighted by Crippen LogP contribution is -2.48. The molecule has 21 heavy (non-hydrogen) atoms. The molecule has 4 heteroatoms. The first-order chi connectivity index (χ1) is 10.2. The fourth-order valence-electron chi connectivity index (χ4n) is 3.14. The zero-order chi connectivity index (χ0) is 15.1. The Hall–Kier alpha value is -1.39. The van der Waals surface area contributed by atoms with E-state index < -0.39 is 0 Å². The van der Waals surface area contributed by atoms with Gasteiger partial charge in [0.2, 0.25) is 5.91 Å². The number of amides is 1. The van der Waals surface area contributed by atoms with Crippen LogP contribution in [-0.4, -0.2) is 26.1 Å². The van der Waals surface area contributed by atoms with Gasteiger partial charge in [0.1, 0.15) is 0 Å². The smallest absolute Gasteiger partial charge is 0.231 e. The SMILES string of the molecule is CCCC1(C(=O)Nc2cccc(COC)c2)CCCNC1. The first-order valence-electron chi connectivity index (χ1n) is 7.80. The van der Waals surface area contributed by atoms with Crippen LogP contribution in [0.3, 0.4) is 0 Å². The summed E-state index contributed by atoms with van der Waals surface area (Å²) in [4.78, 5) is 12.8. The molecule has 0 bridgehead atoms. The van der Waals surface area contributed by atoms with Crippen LogP contribution in [0.5, 0.6) is 0 Å². The monoisotopic (exact) mass is 290 g/mol. The number of benzene rings is 1. The van der Waals surface area contributed by atoms with E-state index in [4.69, 9.17) is 4.74 Å². The minimum atomic E-state index is -0.260. The molecular formula is C17H26N2O2. The molecule has 1 aliphatic rings. The van der Waals surface area contributed by atoms with Crippen LogP contribution in [0.4, 0.5) is 5.69 Å². The molecule has 1 aromatic carbocycles. The van der Waals surface area contributed by atoms with E-state index in [1.54, 1.807) is 7.11 Å². The van der Waals surface area contributed by atoms with Gasteiger partial charge >= 0.3 is 0 Å². The fourth-order valence-corrected chi connectivity index (χ4v) is 3.14. The summed E-state index contributed by atoms with van der Waals surface area (Å²) in [5.74, 6) is 0.145. The standard InChI is InChI=1S/C17H26N2O2/c1-3-8-17(9-5-10-18-13-17)16(20)19-15-7-4-6-14(11-15)12-21-2/h4,6-7,11,18H,3,5,8-10,12-13H2,1-2H3,(H,19,20). The summed E-state index contributed by atoms with van der Waals surface area (Å²) in [6.07, 6.45) is 4.00. The van der Waals surface area contributed by atoms with Gasteiger partial charge in [-0.25, -0.2) is 0 Å². The molecule has 1 unspecified atom stereocenters. The van der Waals surface area contributed by atoms with Crippen molar-refractivity contribution in [3.8, 4) is 0 Å². The number of nitrogens with one attached hydrogen (secondary N) is 2. The van der Waals surface area contributed by atoms with Crippen molar-refractivity contribution in [3.05, 3.63) is 29.8 Å². The highest BCUT2D eigenvalue weighted by Gasteiger charge is 2.38. The van der Waals surface area contributed by atoms with Crippen molar-refractivity contribution in [2.24, 2.45) is 5.41 Å². The molecule has 1 amide bonds.